The lowest BCUT2D eigenvalue weighted by atomic mass is 9.80. The van der Waals surface area contributed by atoms with Crippen molar-refractivity contribution in [3.8, 4) is 0 Å². The Morgan fingerprint density at radius 2 is 2.31 bits per heavy atom. The van der Waals surface area contributed by atoms with Gasteiger partial charge in [0, 0.05) is 10.5 Å². The number of benzene rings is 1. The Hall–Kier alpha value is -0.870. The molecule has 86 valence electrons. The van der Waals surface area contributed by atoms with Crippen LogP contribution in [0.3, 0.4) is 0 Å². The van der Waals surface area contributed by atoms with Gasteiger partial charge in [-0.1, -0.05) is 28.1 Å². The standard InChI is InChI=1S/C12H14BrNO2/c1-16-12(15)9-6-5-7-8(11(9)14)3-2-4-10(7)13/h2-4,9,11H,5-6,14H2,1H3. The lowest BCUT2D eigenvalue weighted by molar-refractivity contribution is -0.146. The number of nitrogens with two attached hydrogens (primary N) is 1. The fourth-order valence-electron chi connectivity index (χ4n) is 2.26. The molecular weight excluding hydrogens is 270 g/mol. The fourth-order valence-corrected chi connectivity index (χ4v) is 2.84. The van der Waals surface area contributed by atoms with E-state index in [2.05, 4.69) is 15.9 Å². The first-order chi connectivity index (χ1) is 7.65. The number of hydrogen-bond donors (Lipinski definition) is 1. The highest BCUT2D eigenvalue weighted by Gasteiger charge is 2.33. The second-order valence-electron chi connectivity index (χ2n) is 4.00. The smallest absolute Gasteiger partial charge is 0.310 e. The van der Waals surface area contributed by atoms with E-state index < -0.39 is 0 Å². The highest BCUT2D eigenvalue weighted by Crippen LogP contribution is 2.36. The maximum Gasteiger partial charge on any atom is 0.310 e. The molecular formula is C12H14BrNO2. The van der Waals surface area contributed by atoms with Gasteiger partial charge in [-0.2, -0.15) is 0 Å². The van der Waals surface area contributed by atoms with Gasteiger partial charge in [0.25, 0.3) is 0 Å². The van der Waals surface area contributed by atoms with Crippen molar-refractivity contribution in [1.29, 1.82) is 0 Å². The monoisotopic (exact) mass is 283 g/mol. The van der Waals surface area contributed by atoms with Gasteiger partial charge < -0.3 is 10.5 Å². The first kappa shape index (κ1) is 11.6. The minimum atomic E-state index is -0.256. The maximum atomic E-state index is 11.6. The molecule has 1 aliphatic rings. The van der Waals surface area contributed by atoms with Gasteiger partial charge in [0.2, 0.25) is 0 Å². The number of rotatable bonds is 1. The number of methoxy groups -OCH3 is 1. The lowest BCUT2D eigenvalue weighted by Crippen LogP contribution is -2.33. The number of carbonyl (C=O) groups excluding carboxylic acids is 1. The van der Waals surface area contributed by atoms with Crippen LogP contribution >= 0.6 is 15.9 Å². The van der Waals surface area contributed by atoms with E-state index in [4.69, 9.17) is 10.5 Å². The van der Waals surface area contributed by atoms with Crippen molar-refractivity contribution in [3.63, 3.8) is 0 Å². The van der Waals surface area contributed by atoms with Crippen molar-refractivity contribution in [2.75, 3.05) is 7.11 Å². The molecule has 0 aromatic heterocycles. The quantitative estimate of drug-likeness (QED) is 0.804. The first-order valence-corrected chi connectivity index (χ1v) is 6.05. The van der Waals surface area contributed by atoms with Crippen LogP contribution in [0.5, 0.6) is 0 Å². The van der Waals surface area contributed by atoms with E-state index in [1.54, 1.807) is 0 Å². The van der Waals surface area contributed by atoms with Gasteiger partial charge in [0.15, 0.2) is 0 Å². The fraction of sp³-hybridized carbons (Fsp3) is 0.417. The van der Waals surface area contributed by atoms with Gasteiger partial charge in [-0.25, -0.2) is 0 Å². The summed E-state index contributed by atoms with van der Waals surface area (Å²) >= 11 is 3.51. The number of hydrogen-bond acceptors (Lipinski definition) is 3. The van der Waals surface area contributed by atoms with Gasteiger partial charge in [0.05, 0.1) is 13.0 Å². The van der Waals surface area contributed by atoms with Crippen molar-refractivity contribution in [3.05, 3.63) is 33.8 Å². The van der Waals surface area contributed by atoms with E-state index in [9.17, 15) is 4.79 Å². The molecule has 0 saturated carbocycles. The molecule has 3 nitrogen and oxygen atoms in total. The van der Waals surface area contributed by atoms with Gasteiger partial charge in [-0.3, -0.25) is 4.79 Å². The van der Waals surface area contributed by atoms with Crippen molar-refractivity contribution in [2.24, 2.45) is 11.7 Å². The molecule has 16 heavy (non-hydrogen) atoms. The predicted octanol–water partition coefficient (Wildman–Crippen LogP) is 2.18. The zero-order valence-electron chi connectivity index (χ0n) is 9.07. The highest BCUT2D eigenvalue weighted by atomic mass is 79.9. The molecule has 0 radical (unpaired) electrons. The summed E-state index contributed by atoms with van der Waals surface area (Å²) in [5.74, 6) is -0.426. The Morgan fingerprint density at radius 3 is 3.00 bits per heavy atom. The minimum Gasteiger partial charge on any atom is -0.469 e. The molecule has 2 N–H and O–H groups in total. The molecule has 0 heterocycles. The van der Waals surface area contributed by atoms with Crippen molar-refractivity contribution >= 4 is 21.9 Å². The zero-order valence-corrected chi connectivity index (χ0v) is 10.7. The molecule has 1 aliphatic carbocycles. The molecule has 2 atom stereocenters. The first-order valence-electron chi connectivity index (χ1n) is 5.26. The van der Waals surface area contributed by atoms with Gasteiger partial charge in [-0.15, -0.1) is 0 Å². The van der Waals surface area contributed by atoms with Crippen LogP contribution in [0.2, 0.25) is 0 Å². The second kappa shape index (κ2) is 4.55. The molecule has 1 aromatic carbocycles. The average molecular weight is 284 g/mol. The summed E-state index contributed by atoms with van der Waals surface area (Å²) in [5, 5.41) is 0. The normalized spacial score (nSPS) is 23.7. The third-order valence-corrected chi connectivity index (χ3v) is 3.90. The second-order valence-corrected chi connectivity index (χ2v) is 4.86. The summed E-state index contributed by atoms with van der Waals surface area (Å²) < 4.78 is 5.85. The maximum absolute atomic E-state index is 11.6. The Morgan fingerprint density at radius 1 is 1.56 bits per heavy atom. The molecule has 1 aromatic rings. The van der Waals surface area contributed by atoms with Crippen molar-refractivity contribution < 1.29 is 9.53 Å². The SMILES string of the molecule is COC(=O)C1CCc2c(Br)cccc2C1N. The Bertz CT molecular complexity index is 419. The van der Waals surface area contributed by atoms with E-state index in [-0.39, 0.29) is 17.9 Å². The molecule has 0 spiro atoms. The van der Waals surface area contributed by atoms with Gasteiger partial charge in [-0.05, 0) is 30.0 Å². The molecule has 0 aliphatic heterocycles. The van der Waals surface area contributed by atoms with Crippen LogP contribution in [0.4, 0.5) is 0 Å². The van der Waals surface area contributed by atoms with Gasteiger partial charge in [0.1, 0.15) is 0 Å². The van der Waals surface area contributed by atoms with Crippen molar-refractivity contribution in [1.82, 2.24) is 0 Å². The van der Waals surface area contributed by atoms with E-state index in [1.165, 1.54) is 12.7 Å². The number of halogens is 1. The summed E-state index contributed by atoms with van der Waals surface area (Å²) in [6.45, 7) is 0. The number of carbonyl (C=O) groups is 1. The van der Waals surface area contributed by atoms with Crippen LogP contribution in [-0.2, 0) is 16.0 Å². The van der Waals surface area contributed by atoms with Crippen molar-refractivity contribution in [2.45, 2.75) is 18.9 Å². The molecule has 2 rings (SSSR count). The molecule has 0 amide bonds. The topological polar surface area (TPSA) is 52.3 Å². The Labute approximate surface area is 103 Å². The molecule has 0 bridgehead atoms. The van der Waals surface area contributed by atoms with E-state index in [0.717, 1.165) is 22.9 Å². The summed E-state index contributed by atoms with van der Waals surface area (Å²) in [4.78, 5) is 11.6. The number of esters is 1. The summed E-state index contributed by atoms with van der Waals surface area (Å²) in [7, 11) is 1.41. The summed E-state index contributed by atoms with van der Waals surface area (Å²) in [5.41, 5.74) is 8.38. The van der Waals surface area contributed by atoms with Crippen LogP contribution in [0, 0.1) is 5.92 Å². The van der Waals surface area contributed by atoms with E-state index in [1.807, 2.05) is 18.2 Å². The summed E-state index contributed by atoms with van der Waals surface area (Å²) in [6.07, 6.45) is 1.62. The largest absolute Gasteiger partial charge is 0.469 e. The van der Waals surface area contributed by atoms with E-state index in [0.29, 0.717) is 0 Å². The molecule has 4 heteroatoms. The van der Waals surface area contributed by atoms with Gasteiger partial charge >= 0.3 is 5.97 Å². The highest BCUT2D eigenvalue weighted by molar-refractivity contribution is 9.10. The number of fused-ring (bicyclic) bond motifs is 1. The van der Waals surface area contributed by atoms with Crippen LogP contribution in [0.25, 0.3) is 0 Å². The third-order valence-electron chi connectivity index (χ3n) is 3.16. The van der Waals surface area contributed by atoms with Crippen LogP contribution in [0.15, 0.2) is 22.7 Å². The molecule has 0 saturated heterocycles. The van der Waals surface area contributed by atoms with E-state index >= 15 is 0 Å². The average Bonchev–Trinajstić information content (AvgIpc) is 2.30. The lowest BCUT2D eigenvalue weighted by Gasteiger charge is -2.29. The van der Waals surface area contributed by atoms with Crippen LogP contribution < -0.4 is 5.73 Å². The Balaban J connectivity index is 2.36. The zero-order chi connectivity index (χ0) is 11.7. The third kappa shape index (κ3) is 1.87. The molecule has 2 unspecified atom stereocenters. The molecule has 0 fully saturated rings. The summed E-state index contributed by atoms with van der Waals surface area (Å²) in [6, 6.07) is 5.68. The van der Waals surface area contributed by atoms with Crippen LogP contribution in [-0.4, -0.2) is 13.1 Å². The minimum absolute atomic E-state index is 0.210. The Kier molecular flexibility index (Phi) is 3.30. The number of ether oxygens (including phenoxy) is 1. The predicted molar refractivity (Wildman–Crippen MR) is 64.9 cm³/mol. The van der Waals surface area contributed by atoms with Crippen LogP contribution in [0.1, 0.15) is 23.6 Å².